The first kappa shape index (κ1) is 15.1. The molecule has 3 nitrogen and oxygen atoms in total. The van der Waals surface area contributed by atoms with E-state index < -0.39 is 8.07 Å². The van der Waals surface area contributed by atoms with E-state index in [-0.39, 0.29) is 0 Å². The highest BCUT2D eigenvalue weighted by molar-refractivity contribution is 6.88. The smallest absolute Gasteiger partial charge is 0.227 e. The van der Waals surface area contributed by atoms with Crippen molar-refractivity contribution in [3.63, 3.8) is 0 Å². The molecule has 0 saturated heterocycles. The molecule has 0 amide bonds. The minimum Gasteiger partial charge on any atom is -0.437 e. The number of hydrogen-bond donors (Lipinski definition) is 0. The Hall–Kier alpha value is -2.46. The van der Waals surface area contributed by atoms with E-state index in [1.165, 1.54) is 5.19 Å². The van der Waals surface area contributed by atoms with Gasteiger partial charge in [-0.3, -0.25) is 4.98 Å². The number of furan rings is 1. The molecular weight excluding hydrogens is 312 g/mol. The minimum atomic E-state index is -1.34. The molecule has 3 aromatic heterocycles. The first-order valence-corrected chi connectivity index (χ1v) is 11.7. The van der Waals surface area contributed by atoms with Gasteiger partial charge in [0.2, 0.25) is 5.71 Å². The van der Waals surface area contributed by atoms with E-state index in [2.05, 4.69) is 61.0 Å². The monoisotopic (exact) mass is 332 g/mol. The average molecular weight is 332 g/mol. The summed E-state index contributed by atoms with van der Waals surface area (Å²) in [6.45, 7) is 8.97. The van der Waals surface area contributed by atoms with Gasteiger partial charge in [-0.25, -0.2) is 4.98 Å². The third kappa shape index (κ3) is 2.43. The van der Waals surface area contributed by atoms with Crippen LogP contribution >= 0.6 is 0 Å². The normalized spacial score (nSPS) is 12.2. The minimum absolute atomic E-state index is 0.691. The summed E-state index contributed by atoms with van der Waals surface area (Å²) in [5, 5.41) is 3.50. The lowest BCUT2D eigenvalue weighted by molar-refractivity contribution is 0.653. The Morgan fingerprint density at radius 3 is 2.46 bits per heavy atom. The zero-order valence-electron chi connectivity index (χ0n) is 14.4. The van der Waals surface area contributed by atoms with E-state index in [9.17, 15) is 0 Å². The highest BCUT2D eigenvalue weighted by atomic mass is 28.3. The van der Waals surface area contributed by atoms with Gasteiger partial charge in [0, 0.05) is 28.2 Å². The van der Waals surface area contributed by atoms with Crippen molar-refractivity contribution in [3.8, 4) is 11.3 Å². The molecule has 0 aliphatic heterocycles. The maximum atomic E-state index is 6.07. The van der Waals surface area contributed by atoms with Crippen molar-refractivity contribution in [2.45, 2.75) is 26.6 Å². The van der Waals surface area contributed by atoms with E-state index in [1.54, 1.807) is 0 Å². The van der Waals surface area contributed by atoms with Gasteiger partial charge in [-0.05, 0) is 36.4 Å². The zero-order chi connectivity index (χ0) is 16.9. The fourth-order valence-electron chi connectivity index (χ4n) is 2.97. The van der Waals surface area contributed by atoms with Gasteiger partial charge in [-0.1, -0.05) is 37.8 Å². The predicted molar refractivity (Wildman–Crippen MR) is 102 cm³/mol. The molecule has 0 saturated carbocycles. The lowest BCUT2D eigenvalue weighted by atomic mass is 10.1. The van der Waals surface area contributed by atoms with Crippen LogP contribution in [0.3, 0.4) is 0 Å². The molecule has 1 aromatic carbocycles. The Bertz CT molecular complexity index is 1040. The van der Waals surface area contributed by atoms with Gasteiger partial charge in [-0.15, -0.1) is 0 Å². The number of rotatable bonds is 2. The summed E-state index contributed by atoms with van der Waals surface area (Å²) in [5.41, 5.74) is 4.47. The fraction of sp³-hybridized carbons (Fsp3) is 0.200. The molecule has 120 valence electrons. The number of aryl methyl sites for hydroxylation is 1. The second-order valence-corrected chi connectivity index (χ2v) is 12.3. The number of pyridine rings is 2. The molecule has 24 heavy (non-hydrogen) atoms. The van der Waals surface area contributed by atoms with Crippen molar-refractivity contribution in [3.05, 3.63) is 54.4 Å². The van der Waals surface area contributed by atoms with Gasteiger partial charge in [0.1, 0.15) is 5.58 Å². The van der Waals surface area contributed by atoms with Crippen molar-refractivity contribution < 1.29 is 4.42 Å². The summed E-state index contributed by atoms with van der Waals surface area (Å²) >= 11 is 0. The van der Waals surface area contributed by atoms with E-state index in [1.807, 2.05) is 19.2 Å². The highest BCUT2D eigenvalue weighted by Gasteiger charge is 2.18. The first-order valence-electron chi connectivity index (χ1n) is 8.19. The Morgan fingerprint density at radius 1 is 0.917 bits per heavy atom. The molecule has 0 aliphatic carbocycles. The topological polar surface area (TPSA) is 38.9 Å². The number of benzene rings is 1. The second kappa shape index (κ2) is 5.28. The van der Waals surface area contributed by atoms with Crippen LogP contribution in [0.1, 0.15) is 5.69 Å². The number of hydrogen-bond acceptors (Lipinski definition) is 3. The van der Waals surface area contributed by atoms with E-state index in [0.29, 0.717) is 5.71 Å². The van der Waals surface area contributed by atoms with Crippen LogP contribution in [0.2, 0.25) is 19.6 Å². The first-order chi connectivity index (χ1) is 11.4. The van der Waals surface area contributed by atoms with Crippen LogP contribution in [0, 0.1) is 6.92 Å². The molecule has 0 fully saturated rings. The molecule has 0 bridgehead atoms. The second-order valence-electron chi connectivity index (χ2n) is 7.27. The van der Waals surface area contributed by atoms with Crippen LogP contribution in [0.15, 0.2) is 53.1 Å². The van der Waals surface area contributed by atoms with Crippen LogP contribution in [-0.4, -0.2) is 18.0 Å². The molecule has 0 N–H and O–H groups in total. The van der Waals surface area contributed by atoms with Crippen molar-refractivity contribution >= 4 is 35.3 Å². The van der Waals surface area contributed by atoms with E-state index >= 15 is 0 Å². The SMILES string of the molecule is Cc1ccc2c(n1)oc1c(-c3ccc([Si](C)(C)C)cn3)cccc12. The average Bonchev–Trinajstić information content (AvgIpc) is 2.91. The molecule has 3 heterocycles. The quantitative estimate of drug-likeness (QED) is 0.490. The van der Waals surface area contributed by atoms with Gasteiger partial charge in [0.15, 0.2) is 0 Å². The van der Waals surface area contributed by atoms with Crippen LogP contribution in [0.25, 0.3) is 33.3 Å². The molecule has 0 unspecified atom stereocenters. The standard InChI is InChI=1S/C20H20N2OSi/c1-13-8-10-16-15-6-5-7-17(19(15)23-20(16)22-13)18-11-9-14(12-21-18)24(2,3)4/h5-12H,1-4H3. The summed E-state index contributed by atoms with van der Waals surface area (Å²) < 4.78 is 6.07. The maximum absolute atomic E-state index is 6.07. The fourth-order valence-corrected chi connectivity index (χ4v) is 4.01. The summed E-state index contributed by atoms with van der Waals surface area (Å²) in [4.78, 5) is 9.22. The summed E-state index contributed by atoms with van der Waals surface area (Å²) in [7, 11) is -1.34. The molecular formula is C20H20N2OSi. The lowest BCUT2D eigenvalue weighted by Gasteiger charge is -2.16. The summed E-state index contributed by atoms with van der Waals surface area (Å²) in [6, 6.07) is 14.6. The largest absolute Gasteiger partial charge is 0.437 e. The van der Waals surface area contributed by atoms with E-state index in [4.69, 9.17) is 9.40 Å². The Morgan fingerprint density at radius 2 is 1.75 bits per heavy atom. The predicted octanol–water partition coefficient (Wildman–Crippen LogP) is 4.90. The Kier molecular flexibility index (Phi) is 3.32. The van der Waals surface area contributed by atoms with Crippen molar-refractivity contribution in [2.24, 2.45) is 0 Å². The molecule has 0 radical (unpaired) electrons. The number of fused-ring (bicyclic) bond motifs is 3. The molecule has 0 spiro atoms. The zero-order valence-corrected chi connectivity index (χ0v) is 15.4. The summed E-state index contributed by atoms with van der Waals surface area (Å²) in [5.74, 6) is 0. The van der Waals surface area contributed by atoms with Gasteiger partial charge in [-0.2, -0.15) is 0 Å². The molecule has 4 rings (SSSR count). The molecule has 0 aliphatic rings. The number of nitrogens with zero attached hydrogens (tertiary/aromatic N) is 2. The number of para-hydroxylation sites is 1. The molecule has 0 atom stereocenters. The Balaban J connectivity index is 1.92. The third-order valence-electron chi connectivity index (χ3n) is 4.41. The van der Waals surface area contributed by atoms with Crippen molar-refractivity contribution in [1.82, 2.24) is 9.97 Å². The van der Waals surface area contributed by atoms with Gasteiger partial charge in [0.25, 0.3) is 0 Å². The van der Waals surface area contributed by atoms with Crippen LogP contribution in [0.4, 0.5) is 0 Å². The van der Waals surface area contributed by atoms with Crippen LogP contribution in [-0.2, 0) is 0 Å². The van der Waals surface area contributed by atoms with Crippen LogP contribution in [0.5, 0.6) is 0 Å². The Labute approximate surface area is 142 Å². The number of aromatic nitrogens is 2. The molecule has 4 heteroatoms. The lowest BCUT2D eigenvalue weighted by Crippen LogP contribution is -2.37. The van der Waals surface area contributed by atoms with Crippen molar-refractivity contribution in [1.29, 1.82) is 0 Å². The molecule has 4 aromatic rings. The maximum Gasteiger partial charge on any atom is 0.227 e. The highest BCUT2D eigenvalue weighted by Crippen LogP contribution is 2.34. The van der Waals surface area contributed by atoms with Crippen molar-refractivity contribution in [2.75, 3.05) is 0 Å². The van der Waals surface area contributed by atoms with Gasteiger partial charge < -0.3 is 4.42 Å². The van der Waals surface area contributed by atoms with E-state index in [0.717, 1.165) is 33.3 Å². The summed E-state index contributed by atoms with van der Waals surface area (Å²) in [6.07, 6.45) is 2.02. The third-order valence-corrected chi connectivity index (χ3v) is 6.44. The van der Waals surface area contributed by atoms with Gasteiger partial charge in [0.05, 0.1) is 13.8 Å². The van der Waals surface area contributed by atoms with Gasteiger partial charge >= 0.3 is 0 Å². The van der Waals surface area contributed by atoms with Crippen LogP contribution < -0.4 is 5.19 Å².